The van der Waals surface area contributed by atoms with E-state index in [1.54, 1.807) is 7.11 Å². The topological polar surface area (TPSA) is 65.9 Å². The van der Waals surface area contributed by atoms with E-state index in [0.29, 0.717) is 5.84 Å². The van der Waals surface area contributed by atoms with Crippen molar-refractivity contribution in [2.24, 2.45) is 4.99 Å². The van der Waals surface area contributed by atoms with Gasteiger partial charge in [0, 0.05) is 11.3 Å². The highest BCUT2D eigenvalue weighted by atomic mass is 16.5. The highest BCUT2D eigenvalue weighted by Gasteiger charge is 2.20. The number of hydrogen-bond acceptors (Lipinski definition) is 5. The predicted octanol–water partition coefficient (Wildman–Crippen LogP) is 2.54. The van der Waals surface area contributed by atoms with Gasteiger partial charge in [0.2, 0.25) is 0 Å². The van der Waals surface area contributed by atoms with Crippen molar-refractivity contribution >= 4 is 11.5 Å². The summed E-state index contributed by atoms with van der Waals surface area (Å²) in [5, 5.41) is 12.6. The van der Waals surface area contributed by atoms with Gasteiger partial charge in [-0.2, -0.15) is 0 Å². The molecule has 2 aromatic rings. The summed E-state index contributed by atoms with van der Waals surface area (Å²) in [6.07, 6.45) is -0.245. The van der Waals surface area contributed by atoms with Gasteiger partial charge in [-0.15, -0.1) is 0 Å². The molecular weight excluding hydrogens is 254 g/mol. The molecule has 0 fully saturated rings. The zero-order valence-corrected chi connectivity index (χ0v) is 11.0. The average Bonchev–Trinajstić information content (AvgIpc) is 2.54. The lowest BCUT2D eigenvalue weighted by molar-refractivity contribution is 0.234. The Kier molecular flexibility index (Phi) is 3.26. The number of para-hydroxylation sites is 1. The molecule has 5 nitrogen and oxygen atoms in total. The molecule has 0 spiro atoms. The Hall–Kier alpha value is -2.53. The van der Waals surface area contributed by atoms with E-state index in [9.17, 15) is 5.21 Å². The Morgan fingerprint density at radius 2 is 1.90 bits per heavy atom. The fraction of sp³-hybridized carbons (Fsp3) is 0.133. The number of methoxy groups -OCH3 is 1. The molecule has 1 atom stereocenters. The summed E-state index contributed by atoms with van der Waals surface area (Å²) in [5.41, 5.74) is 4.94. The summed E-state index contributed by atoms with van der Waals surface area (Å²) in [4.78, 5) is 4.47. The van der Waals surface area contributed by atoms with Crippen LogP contribution >= 0.6 is 0 Å². The molecule has 102 valence electrons. The van der Waals surface area contributed by atoms with Crippen molar-refractivity contribution in [3.63, 3.8) is 0 Å². The van der Waals surface area contributed by atoms with Gasteiger partial charge in [-0.05, 0) is 29.8 Å². The number of benzene rings is 2. The van der Waals surface area contributed by atoms with Crippen LogP contribution < -0.4 is 15.5 Å². The Morgan fingerprint density at radius 3 is 2.60 bits per heavy atom. The molecule has 1 unspecified atom stereocenters. The van der Waals surface area contributed by atoms with Crippen LogP contribution in [0.3, 0.4) is 0 Å². The largest absolute Gasteiger partial charge is 0.497 e. The van der Waals surface area contributed by atoms with Gasteiger partial charge in [0.1, 0.15) is 11.9 Å². The van der Waals surface area contributed by atoms with Gasteiger partial charge in [-0.25, -0.2) is 4.99 Å². The molecular formula is C15H15N3O2. The van der Waals surface area contributed by atoms with Crippen LogP contribution in [0.2, 0.25) is 0 Å². The Labute approximate surface area is 116 Å². The van der Waals surface area contributed by atoms with Crippen molar-refractivity contribution in [2.75, 3.05) is 12.4 Å². The third kappa shape index (κ3) is 2.19. The van der Waals surface area contributed by atoms with E-state index in [1.807, 2.05) is 48.5 Å². The molecule has 0 saturated carbocycles. The van der Waals surface area contributed by atoms with E-state index in [-0.39, 0.29) is 6.17 Å². The minimum Gasteiger partial charge on any atom is -0.497 e. The van der Waals surface area contributed by atoms with Gasteiger partial charge < -0.3 is 10.1 Å². The second-order valence-corrected chi connectivity index (χ2v) is 4.46. The second kappa shape index (κ2) is 5.22. The average molecular weight is 269 g/mol. The van der Waals surface area contributed by atoms with Gasteiger partial charge in [0.05, 0.1) is 7.11 Å². The van der Waals surface area contributed by atoms with Crippen LogP contribution in [0.5, 0.6) is 5.75 Å². The van der Waals surface area contributed by atoms with Crippen molar-refractivity contribution in [3.8, 4) is 5.75 Å². The zero-order valence-electron chi connectivity index (χ0n) is 11.0. The first-order valence-electron chi connectivity index (χ1n) is 6.29. The number of fused-ring (bicyclic) bond motifs is 1. The number of rotatable bonds is 2. The van der Waals surface area contributed by atoms with Crippen LogP contribution in [0.4, 0.5) is 5.69 Å². The van der Waals surface area contributed by atoms with Crippen LogP contribution in [0, 0.1) is 0 Å². The van der Waals surface area contributed by atoms with E-state index in [1.165, 1.54) is 0 Å². The number of nitrogens with zero attached hydrogens (tertiary/aromatic N) is 1. The van der Waals surface area contributed by atoms with Gasteiger partial charge in [0.25, 0.3) is 0 Å². The standard InChI is InChI=1S/C15H15N3O2/c1-20-11-8-6-10(7-9-11)14-16-13-5-3-2-4-12(13)15(17-14)18-19/h2-9,14,16,19H,1H3,(H,17,18). The summed E-state index contributed by atoms with van der Waals surface area (Å²) in [6, 6.07) is 15.4. The molecule has 0 aliphatic carbocycles. The van der Waals surface area contributed by atoms with E-state index >= 15 is 0 Å². The molecule has 0 saturated heterocycles. The fourth-order valence-corrected chi connectivity index (χ4v) is 2.23. The maximum absolute atomic E-state index is 9.26. The van der Waals surface area contributed by atoms with Crippen LogP contribution in [0.25, 0.3) is 0 Å². The third-order valence-corrected chi connectivity index (χ3v) is 3.27. The maximum Gasteiger partial charge on any atom is 0.156 e. The SMILES string of the molecule is COc1ccc(C2N=C(NO)c3ccccc3N2)cc1. The quantitative estimate of drug-likeness (QED) is 0.733. The summed E-state index contributed by atoms with van der Waals surface area (Å²) in [7, 11) is 1.63. The first kappa shape index (κ1) is 12.5. The molecule has 0 aromatic heterocycles. The summed E-state index contributed by atoms with van der Waals surface area (Å²) in [5.74, 6) is 1.26. The highest BCUT2D eigenvalue weighted by Crippen LogP contribution is 2.29. The first-order valence-corrected chi connectivity index (χ1v) is 6.29. The third-order valence-electron chi connectivity index (χ3n) is 3.27. The summed E-state index contributed by atoms with van der Waals surface area (Å²) >= 11 is 0. The van der Waals surface area contributed by atoms with Crippen LogP contribution in [-0.4, -0.2) is 18.2 Å². The molecule has 5 heteroatoms. The number of amidine groups is 1. The predicted molar refractivity (Wildman–Crippen MR) is 77.3 cm³/mol. The van der Waals surface area contributed by atoms with Crippen LogP contribution in [-0.2, 0) is 0 Å². The van der Waals surface area contributed by atoms with E-state index in [0.717, 1.165) is 22.6 Å². The molecule has 2 aromatic carbocycles. The zero-order chi connectivity index (χ0) is 13.9. The van der Waals surface area contributed by atoms with E-state index in [2.05, 4.69) is 15.8 Å². The second-order valence-electron chi connectivity index (χ2n) is 4.46. The monoisotopic (exact) mass is 269 g/mol. The lowest BCUT2D eigenvalue weighted by Gasteiger charge is -2.25. The Bertz CT molecular complexity index is 638. The van der Waals surface area contributed by atoms with Crippen LogP contribution in [0.15, 0.2) is 53.5 Å². The molecule has 0 bridgehead atoms. The highest BCUT2D eigenvalue weighted by molar-refractivity contribution is 6.04. The minimum absolute atomic E-state index is 0.245. The molecule has 3 rings (SSSR count). The molecule has 0 amide bonds. The normalized spacial score (nSPS) is 16.7. The molecule has 0 radical (unpaired) electrons. The lowest BCUT2D eigenvalue weighted by atomic mass is 10.1. The number of nitrogens with one attached hydrogen (secondary N) is 2. The van der Waals surface area contributed by atoms with Crippen LogP contribution in [0.1, 0.15) is 17.3 Å². The molecule has 20 heavy (non-hydrogen) atoms. The smallest absolute Gasteiger partial charge is 0.156 e. The Morgan fingerprint density at radius 1 is 1.15 bits per heavy atom. The number of aliphatic imine (C=N–C) groups is 1. The van der Waals surface area contributed by atoms with E-state index < -0.39 is 0 Å². The molecule has 3 N–H and O–H groups in total. The molecule has 1 aliphatic rings. The van der Waals surface area contributed by atoms with Crippen molar-refractivity contribution < 1.29 is 9.94 Å². The van der Waals surface area contributed by atoms with E-state index in [4.69, 9.17) is 4.74 Å². The molecule has 1 heterocycles. The maximum atomic E-state index is 9.26. The first-order chi connectivity index (χ1) is 9.81. The van der Waals surface area contributed by atoms with Gasteiger partial charge in [0.15, 0.2) is 5.84 Å². The van der Waals surface area contributed by atoms with Gasteiger partial charge >= 0.3 is 0 Å². The lowest BCUT2D eigenvalue weighted by Crippen LogP contribution is -2.28. The van der Waals surface area contributed by atoms with Gasteiger partial charge in [-0.3, -0.25) is 10.7 Å². The summed E-state index contributed by atoms with van der Waals surface area (Å²) in [6.45, 7) is 0. The number of ether oxygens (including phenoxy) is 1. The number of anilines is 1. The summed E-state index contributed by atoms with van der Waals surface area (Å²) < 4.78 is 5.15. The van der Waals surface area contributed by atoms with Crippen molar-refractivity contribution in [1.82, 2.24) is 5.48 Å². The fourth-order valence-electron chi connectivity index (χ4n) is 2.23. The number of hydroxylamine groups is 1. The minimum atomic E-state index is -0.245. The van der Waals surface area contributed by atoms with Gasteiger partial charge in [-0.1, -0.05) is 24.3 Å². The van der Waals surface area contributed by atoms with Crippen molar-refractivity contribution in [1.29, 1.82) is 0 Å². The Balaban J connectivity index is 1.96. The number of hydrogen-bond donors (Lipinski definition) is 3. The van der Waals surface area contributed by atoms with Crippen molar-refractivity contribution in [2.45, 2.75) is 6.17 Å². The van der Waals surface area contributed by atoms with Crippen molar-refractivity contribution in [3.05, 3.63) is 59.7 Å². The molecule has 1 aliphatic heterocycles.